The van der Waals surface area contributed by atoms with Crippen LogP contribution >= 0.6 is 11.6 Å². The SMILES string of the molecule is C=C(C(=O)OC)[C@H](F)c1cccc(Cl)c1. The highest BCUT2D eigenvalue weighted by Crippen LogP contribution is 2.27. The second kappa shape index (κ2) is 4.94. The van der Waals surface area contributed by atoms with Crippen molar-refractivity contribution in [3.8, 4) is 0 Å². The summed E-state index contributed by atoms with van der Waals surface area (Å²) in [5.41, 5.74) is 0.0534. The molecule has 2 nitrogen and oxygen atoms in total. The summed E-state index contributed by atoms with van der Waals surface area (Å²) in [6.07, 6.45) is -1.59. The molecule has 1 atom stereocenters. The van der Waals surface area contributed by atoms with Crippen LogP contribution in [0.1, 0.15) is 11.7 Å². The zero-order valence-electron chi connectivity index (χ0n) is 8.17. The number of benzene rings is 1. The van der Waals surface area contributed by atoms with Crippen molar-refractivity contribution in [3.63, 3.8) is 0 Å². The van der Waals surface area contributed by atoms with Crippen LogP contribution in [0.4, 0.5) is 4.39 Å². The van der Waals surface area contributed by atoms with E-state index in [9.17, 15) is 9.18 Å². The van der Waals surface area contributed by atoms with E-state index in [2.05, 4.69) is 11.3 Å². The van der Waals surface area contributed by atoms with E-state index >= 15 is 0 Å². The van der Waals surface area contributed by atoms with E-state index in [1.165, 1.54) is 19.2 Å². The molecule has 0 saturated heterocycles. The van der Waals surface area contributed by atoms with E-state index in [0.29, 0.717) is 5.02 Å². The average molecular weight is 229 g/mol. The van der Waals surface area contributed by atoms with Crippen LogP contribution in [-0.2, 0) is 9.53 Å². The number of hydrogen-bond donors (Lipinski definition) is 0. The molecular weight excluding hydrogens is 219 g/mol. The van der Waals surface area contributed by atoms with Crippen LogP contribution < -0.4 is 0 Å². The van der Waals surface area contributed by atoms with Gasteiger partial charge in [-0.25, -0.2) is 9.18 Å². The Hall–Kier alpha value is -1.35. The molecule has 0 aliphatic heterocycles. The van der Waals surface area contributed by atoms with E-state index in [0.717, 1.165) is 0 Å². The van der Waals surface area contributed by atoms with E-state index in [-0.39, 0.29) is 11.1 Å². The predicted molar refractivity (Wildman–Crippen MR) is 56.5 cm³/mol. The quantitative estimate of drug-likeness (QED) is 0.587. The molecule has 1 rings (SSSR count). The molecule has 0 heterocycles. The summed E-state index contributed by atoms with van der Waals surface area (Å²) in [5, 5.41) is 0.410. The lowest BCUT2D eigenvalue weighted by atomic mass is 10.0. The van der Waals surface area contributed by atoms with Crippen molar-refractivity contribution < 1.29 is 13.9 Å². The number of carbonyl (C=O) groups is 1. The standard InChI is InChI=1S/C11H10ClFO2/c1-7(11(14)15-2)10(13)8-4-3-5-9(12)6-8/h3-6,10H,1H2,2H3/t10-/m0/s1. The molecule has 0 radical (unpaired) electrons. The first-order valence-electron chi connectivity index (χ1n) is 4.23. The minimum absolute atomic E-state index is 0.236. The number of ether oxygens (including phenoxy) is 1. The van der Waals surface area contributed by atoms with Gasteiger partial charge in [-0.1, -0.05) is 30.3 Å². The van der Waals surface area contributed by atoms with Crippen molar-refractivity contribution in [3.05, 3.63) is 47.0 Å². The van der Waals surface area contributed by atoms with Gasteiger partial charge in [0, 0.05) is 5.02 Å². The number of hydrogen-bond acceptors (Lipinski definition) is 2. The highest BCUT2D eigenvalue weighted by atomic mass is 35.5. The molecule has 0 aliphatic carbocycles. The van der Waals surface area contributed by atoms with Gasteiger partial charge in [-0.05, 0) is 17.7 Å². The van der Waals surface area contributed by atoms with Gasteiger partial charge in [-0.3, -0.25) is 0 Å². The first-order valence-corrected chi connectivity index (χ1v) is 4.60. The Morgan fingerprint density at radius 1 is 1.60 bits per heavy atom. The molecule has 0 aromatic heterocycles. The zero-order chi connectivity index (χ0) is 11.4. The van der Waals surface area contributed by atoms with Crippen molar-refractivity contribution in [2.24, 2.45) is 0 Å². The van der Waals surface area contributed by atoms with Crippen molar-refractivity contribution >= 4 is 17.6 Å². The van der Waals surface area contributed by atoms with Gasteiger partial charge in [0.2, 0.25) is 0 Å². The van der Waals surface area contributed by atoms with Gasteiger partial charge >= 0.3 is 5.97 Å². The zero-order valence-corrected chi connectivity index (χ0v) is 8.92. The monoisotopic (exact) mass is 228 g/mol. The lowest BCUT2D eigenvalue weighted by molar-refractivity contribution is -0.136. The normalized spacial score (nSPS) is 11.9. The van der Waals surface area contributed by atoms with Crippen LogP contribution in [-0.4, -0.2) is 13.1 Å². The van der Waals surface area contributed by atoms with E-state index in [1.807, 2.05) is 0 Å². The Labute approximate surface area is 92.3 Å². The lowest BCUT2D eigenvalue weighted by Gasteiger charge is -2.09. The molecule has 0 unspecified atom stereocenters. The largest absolute Gasteiger partial charge is 0.466 e. The Morgan fingerprint density at radius 2 is 2.27 bits per heavy atom. The Balaban J connectivity index is 2.89. The van der Waals surface area contributed by atoms with Gasteiger partial charge in [0.15, 0.2) is 6.17 Å². The van der Waals surface area contributed by atoms with Gasteiger partial charge in [0.25, 0.3) is 0 Å². The maximum atomic E-state index is 13.7. The molecule has 0 aliphatic rings. The van der Waals surface area contributed by atoms with Crippen molar-refractivity contribution in [2.45, 2.75) is 6.17 Å². The molecule has 1 aromatic carbocycles. The molecule has 80 valence electrons. The maximum Gasteiger partial charge on any atom is 0.336 e. The summed E-state index contributed by atoms with van der Waals surface area (Å²) in [4.78, 5) is 11.0. The smallest absolute Gasteiger partial charge is 0.336 e. The molecule has 4 heteroatoms. The fourth-order valence-electron chi connectivity index (χ4n) is 1.10. The highest BCUT2D eigenvalue weighted by Gasteiger charge is 2.20. The highest BCUT2D eigenvalue weighted by molar-refractivity contribution is 6.30. The van der Waals surface area contributed by atoms with Gasteiger partial charge in [-0.15, -0.1) is 0 Å². The van der Waals surface area contributed by atoms with Crippen LogP contribution in [0.25, 0.3) is 0 Å². The third kappa shape index (κ3) is 2.80. The molecule has 1 aromatic rings. The summed E-state index contributed by atoms with van der Waals surface area (Å²) < 4.78 is 18.1. The van der Waals surface area contributed by atoms with Gasteiger partial charge in [-0.2, -0.15) is 0 Å². The van der Waals surface area contributed by atoms with E-state index < -0.39 is 12.1 Å². The van der Waals surface area contributed by atoms with Crippen LogP contribution in [0, 0.1) is 0 Å². The van der Waals surface area contributed by atoms with Crippen LogP contribution in [0.2, 0.25) is 5.02 Å². The molecule has 0 spiro atoms. The number of halogens is 2. The van der Waals surface area contributed by atoms with Crippen LogP contribution in [0.3, 0.4) is 0 Å². The Bertz CT molecular complexity index is 390. The summed E-state index contributed by atoms with van der Waals surface area (Å²) in [7, 11) is 1.18. The second-order valence-corrected chi connectivity index (χ2v) is 3.37. The summed E-state index contributed by atoms with van der Waals surface area (Å²) in [5.74, 6) is -0.762. The number of carbonyl (C=O) groups excluding carboxylic acids is 1. The van der Waals surface area contributed by atoms with Crippen LogP contribution in [0.5, 0.6) is 0 Å². The number of alkyl halides is 1. The number of methoxy groups -OCH3 is 1. The van der Waals surface area contributed by atoms with Crippen LogP contribution in [0.15, 0.2) is 36.4 Å². The molecule has 0 saturated carbocycles. The van der Waals surface area contributed by atoms with E-state index in [1.54, 1.807) is 12.1 Å². The molecule has 15 heavy (non-hydrogen) atoms. The topological polar surface area (TPSA) is 26.3 Å². The Kier molecular flexibility index (Phi) is 3.86. The molecular formula is C11H10ClFO2. The molecule has 0 amide bonds. The fraction of sp³-hybridized carbons (Fsp3) is 0.182. The van der Waals surface area contributed by atoms with E-state index in [4.69, 9.17) is 11.6 Å². The summed E-state index contributed by atoms with van der Waals surface area (Å²) in [6, 6.07) is 6.21. The average Bonchev–Trinajstić information content (AvgIpc) is 2.26. The maximum absolute atomic E-state index is 13.7. The molecule has 0 bridgehead atoms. The third-order valence-electron chi connectivity index (χ3n) is 1.89. The van der Waals surface area contributed by atoms with Gasteiger partial charge in [0.05, 0.1) is 12.7 Å². The Morgan fingerprint density at radius 3 is 2.80 bits per heavy atom. The fourth-order valence-corrected chi connectivity index (χ4v) is 1.30. The van der Waals surface area contributed by atoms with Crippen molar-refractivity contribution in [2.75, 3.05) is 7.11 Å². The first kappa shape index (κ1) is 11.7. The van der Waals surface area contributed by atoms with Crippen molar-refractivity contribution in [1.82, 2.24) is 0 Å². The summed E-state index contributed by atoms with van der Waals surface area (Å²) in [6.45, 7) is 3.34. The summed E-state index contributed by atoms with van der Waals surface area (Å²) >= 11 is 5.69. The van der Waals surface area contributed by atoms with Gasteiger partial charge < -0.3 is 4.74 Å². The first-order chi connectivity index (χ1) is 7.06. The third-order valence-corrected chi connectivity index (χ3v) is 2.13. The minimum atomic E-state index is -1.59. The molecule has 0 N–H and O–H groups in total. The second-order valence-electron chi connectivity index (χ2n) is 2.93. The van der Waals surface area contributed by atoms with Gasteiger partial charge in [0.1, 0.15) is 0 Å². The lowest BCUT2D eigenvalue weighted by Crippen LogP contribution is -2.09. The molecule has 0 fully saturated rings. The van der Waals surface area contributed by atoms with Crippen molar-refractivity contribution in [1.29, 1.82) is 0 Å². The number of esters is 1. The number of rotatable bonds is 3. The minimum Gasteiger partial charge on any atom is -0.466 e. The predicted octanol–water partition coefficient (Wildman–Crippen LogP) is 3.08.